The number of carbonyl (C=O) groups is 2. The number of esters is 1. The fraction of sp³-hybridized carbons (Fsp3) is 0.462. The normalized spacial score (nSPS) is 16.0. The summed E-state index contributed by atoms with van der Waals surface area (Å²) in [6.45, 7) is 0.641. The van der Waals surface area contributed by atoms with E-state index in [9.17, 15) is 22.8 Å². The van der Waals surface area contributed by atoms with Crippen LogP contribution >= 0.6 is 0 Å². The summed E-state index contributed by atoms with van der Waals surface area (Å²) >= 11 is 0. The Balaban J connectivity index is 2.40. The van der Waals surface area contributed by atoms with E-state index in [4.69, 9.17) is 0 Å². The van der Waals surface area contributed by atoms with Crippen LogP contribution in [0.25, 0.3) is 0 Å². The molecule has 0 saturated carbocycles. The SMILES string of the molecule is COC(=O)c1cc(C(F)(F)F)cnc1N1CCC(=O)CC1. The topological polar surface area (TPSA) is 59.5 Å². The Morgan fingerprint density at radius 3 is 2.48 bits per heavy atom. The number of nitrogens with zero attached hydrogens (tertiary/aromatic N) is 2. The molecule has 0 amide bonds. The molecule has 1 aliphatic heterocycles. The predicted molar refractivity (Wildman–Crippen MR) is 67.0 cm³/mol. The minimum atomic E-state index is -4.59. The summed E-state index contributed by atoms with van der Waals surface area (Å²) in [5.41, 5.74) is -1.26. The third kappa shape index (κ3) is 3.32. The molecule has 114 valence electrons. The molecule has 0 radical (unpaired) electrons. The molecule has 21 heavy (non-hydrogen) atoms. The zero-order valence-corrected chi connectivity index (χ0v) is 11.2. The average Bonchev–Trinajstić information content (AvgIpc) is 2.46. The van der Waals surface area contributed by atoms with Gasteiger partial charge in [-0.25, -0.2) is 9.78 Å². The second-order valence-corrected chi connectivity index (χ2v) is 4.61. The second-order valence-electron chi connectivity index (χ2n) is 4.61. The summed E-state index contributed by atoms with van der Waals surface area (Å²) in [6, 6.07) is 0.727. The predicted octanol–water partition coefficient (Wildman–Crippen LogP) is 2.06. The van der Waals surface area contributed by atoms with Crippen LogP contribution in [-0.4, -0.2) is 36.9 Å². The van der Waals surface area contributed by atoms with Crippen LogP contribution < -0.4 is 4.90 Å². The standard InChI is InChI=1S/C13H13F3N2O3/c1-21-12(20)10-6-8(13(14,15)16)7-17-11(10)18-4-2-9(19)3-5-18/h6-7H,2-5H2,1H3. The van der Waals surface area contributed by atoms with Crippen molar-refractivity contribution in [3.63, 3.8) is 0 Å². The zero-order chi connectivity index (χ0) is 15.6. The highest BCUT2D eigenvalue weighted by Gasteiger charge is 2.33. The molecule has 2 rings (SSSR count). The van der Waals surface area contributed by atoms with Gasteiger partial charge < -0.3 is 9.64 Å². The van der Waals surface area contributed by atoms with Crippen LogP contribution in [0.2, 0.25) is 0 Å². The summed E-state index contributed by atoms with van der Waals surface area (Å²) in [5, 5.41) is 0. The highest BCUT2D eigenvalue weighted by Crippen LogP contribution is 2.32. The van der Waals surface area contributed by atoms with E-state index in [0.717, 1.165) is 13.2 Å². The molecule has 1 saturated heterocycles. The number of alkyl halides is 3. The number of piperidine rings is 1. The van der Waals surface area contributed by atoms with E-state index >= 15 is 0 Å². The molecular formula is C13H13F3N2O3. The van der Waals surface area contributed by atoms with Crippen molar-refractivity contribution in [1.82, 2.24) is 4.98 Å². The Bertz CT molecular complexity index is 562. The van der Waals surface area contributed by atoms with E-state index in [-0.39, 0.29) is 30.0 Å². The van der Waals surface area contributed by atoms with Crippen molar-refractivity contribution < 1.29 is 27.5 Å². The number of ether oxygens (including phenoxy) is 1. The first-order chi connectivity index (χ1) is 9.82. The first-order valence-electron chi connectivity index (χ1n) is 6.25. The number of rotatable bonds is 2. The number of ketones is 1. The van der Waals surface area contributed by atoms with Gasteiger partial charge in [0.05, 0.1) is 12.7 Å². The third-order valence-corrected chi connectivity index (χ3v) is 3.22. The molecule has 5 nitrogen and oxygen atoms in total. The van der Waals surface area contributed by atoms with Gasteiger partial charge in [-0.1, -0.05) is 0 Å². The molecule has 0 aromatic carbocycles. The summed E-state index contributed by atoms with van der Waals surface area (Å²) in [4.78, 5) is 28.3. The van der Waals surface area contributed by atoms with Crippen LogP contribution in [-0.2, 0) is 15.7 Å². The molecule has 1 aromatic heterocycles. The summed E-state index contributed by atoms with van der Waals surface area (Å²) in [5.74, 6) is -0.694. The van der Waals surface area contributed by atoms with Gasteiger partial charge in [0.25, 0.3) is 0 Å². The van der Waals surface area contributed by atoms with Gasteiger partial charge in [0, 0.05) is 32.1 Å². The Labute approximate surface area is 118 Å². The van der Waals surface area contributed by atoms with Crippen LogP contribution in [0.5, 0.6) is 0 Å². The van der Waals surface area contributed by atoms with Crippen LogP contribution in [0.1, 0.15) is 28.8 Å². The molecule has 0 bridgehead atoms. The monoisotopic (exact) mass is 302 g/mol. The smallest absolute Gasteiger partial charge is 0.417 e. The largest absolute Gasteiger partial charge is 0.465 e. The quantitative estimate of drug-likeness (QED) is 0.783. The Morgan fingerprint density at radius 1 is 1.33 bits per heavy atom. The molecule has 1 aromatic rings. The van der Waals surface area contributed by atoms with Gasteiger partial charge in [0.2, 0.25) is 0 Å². The van der Waals surface area contributed by atoms with Gasteiger partial charge in [-0.05, 0) is 6.07 Å². The van der Waals surface area contributed by atoms with Crippen LogP contribution in [0.15, 0.2) is 12.3 Å². The Hall–Kier alpha value is -2.12. The average molecular weight is 302 g/mol. The first-order valence-corrected chi connectivity index (χ1v) is 6.25. The van der Waals surface area contributed by atoms with Gasteiger partial charge >= 0.3 is 12.1 Å². The highest BCUT2D eigenvalue weighted by atomic mass is 19.4. The zero-order valence-electron chi connectivity index (χ0n) is 11.2. The number of pyridine rings is 1. The van der Waals surface area contributed by atoms with Crippen LogP contribution in [0.3, 0.4) is 0 Å². The first kappa shape index (κ1) is 15.3. The van der Waals surface area contributed by atoms with Crippen molar-refractivity contribution >= 4 is 17.6 Å². The van der Waals surface area contributed by atoms with Crippen molar-refractivity contribution in [3.8, 4) is 0 Å². The number of methoxy groups -OCH3 is 1. The lowest BCUT2D eigenvalue weighted by Crippen LogP contribution is -2.35. The lowest BCUT2D eigenvalue weighted by molar-refractivity contribution is -0.137. The number of halogens is 3. The molecule has 0 spiro atoms. The molecule has 8 heteroatoms. The van der Waals surface area contributed by atoms with Gasteiger partial charge in [-0.15, -0.1) is 0 Å². The maximum atomic E-state index is 12.7. The van der Waals surface area contributed by atoms with Crippen molar-refractivity contribution in [3.05, 3.63) is 23.4 Å². The maximum Gasteiger partial charge on any atom is 0.417 e. The lowest BCUT2D eigenvalue weighted by Gasteiger charge is -2.28. The van der Waals surface area contributed by atoms with E-state index in [0.29, 0.717) is 19.3 Å². The highest BCUT2D eigenvalue weighted by molar-refractivity contribution is 5.95. The van der Waals surface area contributed by atoms with Crippen molar-refractivity contribution in [2.24, 2.45) is 0 Å². The van der Waals surface area contributed by atoms with E-state index in [1.54, 1.807) is 4.90 Å². The number of hydrogen-bond acceptors (Lipinski definition) is 5. The maximum absolute atomic E-state index is 12.7. The number of anilines is 1. The Morgan fingerprint density at radius 2 is 1.95 bits per heavy atom. The molecular weight excluding hydrogens is 289 g/mol. The van der Waals surface area contributed by atoms with E-state index in [2.05, 4.69) is 9.72 Å². The molecule has 1 aliphatic rings. The number of aromatic nitrogens is 1. The number of Topliss-reactive ketones (excluding diaryl/α,β-unsaturated/α-hetero) is 1. The second kappa shape index (κ2) is 5.71. The van der Waals surface area contributed by atoms with Gasteiger partial charge in [-0.3, -0.25) is 4.79 Å². The van der Waals surface area contributed by atoms with E-state index in [1.807, 2.05) is 0 Å². The fourth-order valence-corrected chi connectivity index (χ4v) is 2.09. The Kier molecular flexibility index (Phi) is 4.15. The van der Waals surface area contributed by atoms with Gasteiger partial charge in [0.15, 0.2) is 0 Å². The molecule has 1 fully saturated rings. The number of hydrogen-bond donors (Lipinski definition) is 0. The van der Waals surface area contributed by atoms with Crippen molar-refractivity contribution in [2.45, 2.75) is 19.0 Å². The summed E-state index contributed by atoms with van der Waals surface area (Å²) in [6.07, 6.45) is -3.35. The van der Waals surface area contributed by atoms with Gasteiger partial charge in [-0.2, -0.15) is 13.2 Å². The minimum Gasteiger partial charge on any atom is -0.465 e. The summed E-state index contributed by atoms with van der Waals surface area (Å²) < 4.78 is 42.6. The molecule has 0 unspecified atom stereocenters. The number of carbonyl (C=O) groups excluding carboxylic acids is 2. The van der Waals surface area contributed by atoms with Crippen molar-refractivity contribution in [1.29, 1.82) is 0 Å². The molecule has 0 aliphatic carbocycles. The van der Waals surface area contributed by atoms with E-state index in [1.165, 1.54) is 0 Å². The van der Waals surface area contributed by atoms with Crippen molar-refractivity contribution in [2.75, 3.05) is 25.1 Å². The minimum absolute atomic E-state index is 0.0813. The fourth-order valence-electron chi connectivity index (χ4n) is 2.09. The third-order valence-electron chi connectivity index (χ3n) is 3.22. The van der Waals surface area contributed by atoms with E-state index < -0.39 is 17.7 Å². The van der Waals surface area contributed by atoms with Crippen LogP contribution in [0, 0.1) is 0 Å². The molecule has 0 atom stereocenters. The molecule has 0 N–H and O–H groups in total. The summed E-state index contributed by atoms with van der Waals surface area (Å²) in [7, 11) is 1.09. The molecule has 2 heterocycles. The van der Waals surface area contributed by atoms with Gasteiger partial charge in [0.1, 0.15) is 17.2 Å². The van der Waals surface area contributed by atoms with Crippen LogP contribution in [0.4, 0.5) is 19.0 Å². The lowest BCUT2D eigenvalue weighted by atomic mass is 10.1.